The Labute approximate surface area is 144 Å². The lowest BCUT2D eigenvalue weighted by atomic mass is 10.1. The minimum absolute atomic E-state index is 0.0912. The van der Waals surface area contributed by atoms with Gasteiger partial charge < -0.3 is 10.2 Å². The summed E-state index contributed by atoms with van der Waals surface area (Å²) in [6.07, 6.45) is 2.88. The summed E-state index contributed by atoms with van der Waals surface area (Å²) in [6.45, 7) is 4.12. The van der Waals surface area contributed by atoms with Crippen LogP contribution >= 0.6 is 11.8 Å². The highest BCUT2D eigenvalue weighted by atomic mass is 32.2. The molecule has 0 radical (unpaired) electrons. The number of benzene rings is 1. The molecule has 24 heavy (non-hydrogen) atoms. The van der Waals surface area contributed by atoms with E-state index < -0.39 is 6.04 Å². The fourth-order valence-electron chi connectivity index (χ4n) is 2.49. The van der Waals surface area contributed by atoms with Crippen molar-refractivity contribution < 1.29 is 9.59 Å². The molecule has 1 aliphatic rings. The predicted octanol–water partition coefficient (Wildman–Crippen LogP) is 1.44. The van der Waals surface area contributed by atoms with Crippen molar-refractivity contribution in [2.24, 2.45) is 0 Å². The smallest absolute Gasteiger partial charge is 0.248 e. The molecular formula is C16H19N5O2S. The van der Waals surface area contributed by atoms with Gasteiger partial charge in [0.1, 0.15) is 25.2 Å². The summed E-state index contributed by atoms with van der Waals surface area (Å²) >= 11 is 1.57. The van der Waals surface area contributed by atoms with E-state index in [9.17, 15) is 9.59 Å². The molecule has 2 amide bonds. The van der Waals surface area contributed by atoms with E-state index in [-0.39, 0.29) is 18.4 Å². The van der Waals surface area contributed by atoms with Gasteiger partial charge >= 0.3 is 0 Å². The van der Waals surface area contributed by atoms with Gasteiger partial charge in [0.25, 0.3) is 0 Å². The van der Waals surface area contributed by atoms with Gasteiger partial charge in [0.2, 0.25) is 11.8 Å². The number of hydrogen-bond donors (Lipinski definition) is 1. The predicted molar refractivity (Wildman–Crippen MR) is 92.5 cm³/mol. The summed E-state index contributed by atoms with van der Waals surface area (Å²) < 4.78 is 1.46. The first-order chi connectivity index (χ1) is 11.5. The van der Waals surface area contributed by atoms with E-state index in [2.05, 4.69) is 15.4 Å². The van der Waals surface area contributed by atoms with Gasteiger partial charge in [-0.25, -0.2) is 9.67 Å². The number of thioether (sulfide) groups is 1. The number of carbonyl (C=O) groups is 2. The van der Waals surface area contributed by atoms with Crippen molar-refractivity contribution in [1.29, 1.82) is 0 Å². The Balaban J connectivity index is 1.66. The Morgan fingerprint density at radius 3 is 2.88 bits per heavy atom. The number of nitrogens with one attached hydrogen (secondary N) is 1. The number of nitrogens with zero attached hydrogens (tertiary/aromatic N) is 4. The van der Waals surface area contributed by atoms with Crippen LogP contribution in [0.25, 0.3) is 0 Å². The van der Waals surface area contributed by atoms with E-state index in [0.29, 0.717) is 11.6 Å². The van der Waals surface area contributed by atoms with Crippen LogP contribution in [0.15, 0.2) is 30.9 Å². The zero-order valence-electron chi connectivity index (χ0n) is 13.6. The highest BCUT2D eigenvalue weighted by Gasteiger charge is 2.34. The van der Waals surface area contributed by atoms with Crippen molar-refractivity contribution in [3.8, 4) is 0 Å². The lowest BCUT2D eigenvalue weighted by molar-refractivity contribution is -0.136. The summed E-state index contributed by atoms with van der Waals surface area (Å²) in [5.41, 5.74) is 3.05. The molecule has 0 unspecified atom stereocenters. The largest absolute Gasteiger partial charge is 0.324 e. The molecule has 1 aromatic carbocycles. The maximum atomic E-state index is 12.6. The van der Waals surface area contributed by atoms with Gasteiger partial charge in [-0.1, -0.05) is 6.07 Å². The van der Waals surface area contributed by atoms with Crippen LogP contribution in [0.3, 0.4) is 0 Å². The molecule has 1 saturated heterocycles. The van der Waals surface area contributed by atoms with E-state index >= 15 is 0 Å². The van der Waals surface area contributed by atoms with Crippen LogP contribution in [0.5, 0.6) is 0 Å². The molecule has 2 heterocycles. The third-order valence-corrected chi connectivity index (χ3v) is 5.06. The fraction of sp³-hybridized carbons (Fsp3) is 0.375. The second kappa shape index (κ2) is 7.04. The summed E-state index contributed by atoms with van der Waals surface area (Å²) in [6, 6.07) is 5.33. The first-order valence-electron chi connectivity index (χ1n) is 7.62. The van der Waals surface area contributed by atoms with E-state index in [4.69, 9.17) is 0 Å². The Kier molecular flexibility index (Phi) is 4.84. The van der Waals surface area contributed by atoms with Crippen molar-refractivity contribution in [2.45, 2.75) is 26.4 Å². The van der Waals surface area contributed by atoms with Gasteiger partial charge in [0.15, 0.2) is 0 Å². The molecule has 0 saturated carbocycles. The minimum Gasteiger partial charge on any atom is -0.324 e. The maximum Gasteiger partial charge on any atom is 0.248 e. The molecular weight excluding hydrogens is 326 g/mol. The molecule has 0 spiro atoms. The lowest BCUT2D eigenvalue weighted by Crippen LogP contribution is -2.45. The quantitative estimate of drug-likeness (QED) is 0.907. The van der Waals surface area contributed by atoms with Gasteiger partial charge in [-0.3, -0.25) is 9.59 Å². The molecule has 126 valence electrons. The first kappa shape index (κ1) is 16.5. The third-order valence-electron chi connectivity index (χ3n) is 4.04. The van der Waals surface area contributed by atoms with E-state index in [1.165, 1.54) is 22.9 Å². The number of anilines is 1. The summed E-state index contributed by atoms with van der Waals surface area (Å²) in [5.74, 6) is 0.819. The van der Waals surface area contributed by atoms with Crippen LogP contribution < -0.4 is 5.32 Å². The maximum absolute atomic E-state index is 12.6. The normalized spacial score (nSPS) is 17.1. The van der Waals surface area contributed by atoms with Crippen LogP contribution in [0, 0.1) is 13.8 Å². The average Bonchev–Trinajstić information content (AvgIpc) is 3.22. The van der Waals surface area contributed by atoms with Crippen LogP contribution in [0.2, 0.25) is 0 Å². The average molecular weight is 345 g/mol. The zero-order valence-corrected chi connectivity index (χ0v) is 14.4. The van der Waals surface area contributed by atoms with E-state index in [1.807, 2.05) is 32.0 Å². The first-order valence-corrected chi connectivity index (χ1v) is 8.78. The monoisotopic (exact) mass is 345 g/mol. The number of rotatable bonds is 4. The minimum atomic E-state index is -0.465. The number of amides is 2. The fourth-order valence-corrected chi connectivity index (χ4v) is 3.67. The topological polar surface area (TPSA) is 80.1 Å². The lowest BCUT2D eigenvalue weighted by Gasteiger charge is -2.23. The van der Waals surface area contributed by atoms with Crippen molar-refractivity contribution in [1.82, 2.24) is 19.7 Å². The van der Waals surface area contributed by atoms with Crippen molar-refractivity contribution in [3.05, 3.63) is 42.0 Å². The molecule has 8 heteroatoms. The van der Waals surface area contributed by atoms with Gasteiger partial charge in [-0.15, -0.1) is 11.8 Å². The second-order valence-electron chi connectivity index (χ2n) is 5.76. The van der Waals surface area contributed by atoms with Gasteiger partial charge in [-0.2, -0.15) is 5.10 Å². The Morgan fingerprint density at radius 1 is 1.33 bits per heavy atom. The molecule has 7 nitrogen and oxygen atoms in total. The highest BCUT2D eigenvalue weighted by molar-refractivity contribution is 7.99. The van der Waals surface area contributed by atoms with Crippen molar-refractivity contribution in [3.63, 3.8) is 0 Å². The van der Waals surface area contributed by atoms with Crippen LogP contribution in [0.4, 0.5) is 5.69 Å². The summed E-state index contributed by atoms with van der Waals surface area (Å²) in [7, 11) is 0. The van der Waals surface area contributed by atoms with Gasteiger partial charge in [0, 0.05) is 11.4 Å². The van der Waals surface area contributed by atoms with Crippen LogP contribution in [-0.2, 0) is 16.1 Å². The molecule has 1 aromatic heterocycles. The van der Waals surface area contributed by atoms with Gasteiger partial charge in [0.05, 0.1) is 5.88 Å². The number of aryl methyl sites for hydroxylation is 2. The Hall–Kier alpha value is -2.35. The second-order valence-corrected chi connectivity index (χ2v) is 6.76. The third kappa shape index (κ3) is 3.59. The van der Waals surface area contributed by atoms with Crippen LogP contribution in [0.1, 0.15) is 11.1 Å². The highest BCUT2D eigenvalue weighted by Crippen LogP contribution is 2.23. The zero-order chi connectivity index (χ0) is 17.1. The molecule has 1 atom stereocenters. The molecule has 1 aliphatic heterocycles. The Morgan fingerprint density at radius 2 is 2.17 bits per heavy atom. The molecule has 0 bridgehead atoms. The molecule has 3 rings (SSSR count). The van der Waals surface area contributed by atoms with Crippen molar-refractivity contribution in [2.75, 3.05) is 16.9 Å². The number of aromatic nitrogens is 3. The molecule has 1 fully saturated rings. The van der Waals surface area contributed by atoms with Gasteiger partial charge in [-0.05, 0) is 37.1 Å². The number of carbonyl (C=O) groups excluding carboxylic acids is 2. The van der Waals surface area contributed by atoms with E-state index in [0.717, 1.165) is 11.3 Å². The van der Waals surface area contributed by atoms with E-state index in [1.54, 1.807) is 16.7 Å². The molecule has 0 aliphatic carbocycles. The number of hydrogen-bond acceptors (Lipinski definition) is 5. The molecule has 1 N–H and O–H groups in total. The molecule has 2 aromatic rings. The summed E-state index contributed by atoms with van der Waals surface area (Å²) in [5, 5.41) is 6.85. The standard InChI is InChI=1S/C16H19N5O2S/c1-11-3-4-13(5-12(11)2)19-16(23)14-7-24-10-21(14)15(22)6-20-9-17-8-18-20/h3-5,8-9,14H,6-7,10H2,1-2H3,(H,19,23)/t14-/m1/s1. The van der Waals surface area contributed by atoms with Crippen LogP contribution in [-0.4, -0.2) is 49.2 Å². The SMILES string of the molecule is Cc1ccc(NC(=O)[C@H]2CSCN2C(=O)Cn2cncn2)cc1C. The van der Waals surface area contributed by atoms with Crippen molar-refractivity contribution >= 4 is 29.3 Å². The Bertz CT molecular complexity index is 747. The summed E-state index contributed by atoms with van der Waals surface area (Å²) in [4.78, 5) is 30.4.